The monoisotopic (exact) mass is 562 g/mol. The number of hydrogen-bond acceptors (Lipinski definition) is 5. The van der Waals surface area contributed by atoms with Gasteiger partial charge in [0.15, 0.2) is 0 Å². The number of carbonyl (C=O) groups is 2. The predicted molar refractivity (Wildman–Crippen MR) is 156 cm³/mol. The van der Waals surface area contributed by atoms with Gasteiger partial charge in [0.05, 0.1) is 22.4 Å². The third kappa shape index (κ3) is 5.65. The maximum atomic E-state index is 13.7. The number of hydrogen-bond donors (Lipinski definition) is 1. The molecule has 0 radical (unpaired) electrons. The molecule has 0 aliphatic carbocycles. The molecule has 6 nitrogen and oxygen atoms in total. The van der Waals surface area contributed by atoms with Gasteiger partial charge in [0.2, 0.25) is 11.8 Å². The Hall–Kier alpha value is -3.43. The number of thiophene rings is 1. The SMILES string of the molecule is Cc1ccccc1-n1nc(C(C)(C)C)c2c1N(CC(=O)NCc1ccc(F)cc1)C(=O)CS[C@H]2c1cccs1. The lowest BCUT2D eigenvalue weighted by molar-refractivity contribution is -0.123. The molecule has 1 N–H and O–H groups in total. The van der Waals surface area contributed by atoms with E-state index in [1.165, 1.54) is 12.1 Å². The first-order valence-corrected chi connectivity index (χ1v) is 14.7. The summed E-state index contributed by atoms with van der Waals surface area (Å²) in [6.45, 7) is 8.49. The van der Waals surface area contributed by atoms with Crippen molar-refractivity contribution in [3.05, 3.63) is 99.1 Å². The first kappa shape index (κ1) is 27.1. The molecule has 4 aromatic rings. The largest absolute Gasteiger partial charge is 0.350 e. The van der Waals surface area contributed by atoms with Crippen LogP contribution < -0.4 is 10.2 Å². The van der Waals surface area contributed by atoms with Crippen LogP contribution in [0.25, 0.3) is 5.69 Å². The Balaban J connectivity index is 1.62. The molecule has 5 rings (SSSR count). The molecule has 0 spiro atoms. The maximum absolute atomic E-state index is 13.7. The molecule has 0 saturated carbocycles. The molecule has 0 bridgehead atoms. The Morgan fingerprint density at radius 1 is 1.10 bits per heavy atom. The van der Waals surface area contributed by atoms with Crippen molar-refractivity contribution >= 4 is 40.7 Å². The lowest BCUT2D eigenvalue weighted by Gasteiger charge is -2.24. The van der Waals surface area contributed by atoms with Crippen molar-refractivity contribution in [1.29, 1.82) is 0 Å². The summed E-state index contributed by atoms with van der Waals surface area (Å²) in [6, 6.07) is 18.1. The fourth-order valence-electron chi connectivity index (χ4n) is 4.71. The molecule has 0 fully saturated rings. The Morgan fingerprint density at radius 2 is 1.85 bits per heavy atom. The number of benzene rings is 2. The highest BCUT2D eigenvalue weighted by Crippen LogP contribution is 2.49. The molecule has 1 atom stereocenters. The number of thioether (sulfide) groups is 1. The molecule has 9 heteroatoms. The van der Waals surface area contributed by atoms with E-state index >= 15 is 0 Å². The van der Waals surface area contributed by atoms with Crippen LogP contribution in [0.15, 0.2) is 66.0 Å². The van der Waals surface area contributed by atoms with Gasteiger partial charge in [-0.25, -0.2) is 9.07 Å². The highest BCUT2D eigenvalue weighted by Gasteiger charge is 2.40. The number of aryl methyl sites for hydroxylation is 1. The second kappa shape index (κ2) is 11.0. The fourth-order valence-corrected chi connectivity index (χ4v) is 6.88. The van der Waals surface area contributed by atoms with Crippen molar-refractivity contribution in [3.63, 3.8) is 0 Å². The maximum Gasteiger partial charge on any atom is 0.240 e. The molecule has 3 heterocycles. The van der Waals surface area contributed by atoms with E-state index in [0.717, 1.165) is 32.9 Å². The van der Waals surface area contributed by atoms with Gasteiger partial charge >= 0.3 is 0 Å². The summed E-state index contributed by atoms with van der Waals surface area (Å²) in [6.07, 6.45) is 0. The number of carbonyl (C=O) groups excluding carboxylic acids is 2. The predicted octanol–water partition coefficient (Wildman–Crippen LogP) is 6.16. The molecule has 2 aromatic heterocycles. The minimum Gasteiger partial charge on any atom is -0.350 e. The van der Waals surface area contributed by atoms with Gasteiger partial charge in [0.1, 0.15) is 18.2 Å². The van der Waals surface area contributed by atoms with Gasteiger partial charge in [-0.1, -0.05) is 57.2 Å². The van der Waals surface area contributed by atoms with Gasteiger partial charge in [-0.2, -0.15) is 5.10 Å². The number of fused-ring (bicyclic) bond motifs is 1. The summed E-state index contributed by atoms with van der Waals surface area (Å²) in [5.41, 5.74) is 4.22. The third-order valence-corrected chi connectivity index (χ3v) is 8.97. The Labute approximate surface area is 236 Å². The van der Waals surface area contributed by atoms with E-state index in [0.29, 0.717) is 5.82 Å². The molecule has 202 valence electrons. The van der Waals surface area contributed by atoms with Crippen LogP contribution in [-0.4, -0.2) is 33.9 Å². The number of halogens is 1. The number of aromatic nitrogens is 2. The third-order valence-electron chi connectivity index (χ3n) is 6.65. The zero-order valence-electron chi connectivity index (χ0n) is 22.4. The minimum absolute atomic E-state index is 0.0942. The fraction of sp³-hybridized carbons (Fsp3) is 0.300. The van der Waals surface area contributed by atoms with Crippen LogP contribution in [0.3, 0.4) is 0 Å². The molecule has 2 amide bonds. The van der Waals surface area contributed by atoms with Gasteiger partial charge in [0.25, 0.3) is 0 Å². The molecular formula is C30H31FN4O2S2. The normalized spacial score (nSPS) is 15.7. The van der Waals surface area contributed by atoms with E-state index in [-0.39, 0.29) is 47.1 Å². The molecule has 1 aliphatic heterocycles. The van der Waals surface area contributed by atoms with Crippen molar-refractivity contribution in [3.8, 4) is 5.69 Å². The van der Waals surface area contributed by atoms with Crippen molar-refractivity contribution < 1.29 is 14.0 Å². The van der Waals surface area contributed by atoms with Gasteiger partial charge < -0.3 is 5.32 Å². The second-order valence-electron chi connectivity index (χ2n) is 10.6. The summed E-state index contributed by atoms with van der Waals surface area (Å²) >= 11 is 3.24. The topological polar surface area (TPSA) is 67.2 Å². The Kier molecular flexibility index (Phi) is 7.64. The van der Waals surface area contributed by atoms with Crippen LogP contribution >= 0.6 is 23.1 Å². The summed E-state index contributed by atoms with van der Waals surface area (Å²) in [5, 5.41) is 9.98. The number of anilines is 1. The molecule has 39 heavy (non-hydrogen) atoms. The van der Waals surface area contributed by atoms with E-state index in [1.54, 1.807) is 40.1 Å². The van der Waals surface area contributed by atoms with Gasteiger partial charge in [-0.15, -0.1) is 23.1 Å². The molecular weight excluding hydrogens is 531 g/mol. The lowest BCUT2D eigenvalue weighted by Crippen LogP contribution is -2.42. The van der Waals surface area contributed by atoms with Crippen molar-refractivity contribution in [2.75, 3.05) is 17.2 Å². The first-order chi connectivity index (χ1) is 18.6. The number of nitrogens with one attached hydrogen (secondary N) is 1. The van der Waals surface area contributed by atoms with E-state index < -0.39 is 0 Å². The Bertz CT molecular complexity index is 1490. The quantitative estimate of drug-likeness (QED) is 0.306. The first-order valence-electron chi connectivity index (χ1n) is 12.8. The highest BCUT2D eigenvalue weighted by molar-refractivity contribution is 8.00. The van der Waals surface area contributed by atoms with Crippen LogP contribution in [0.1, 0.15) is 53.3 Å². The molecule has 1 aliphatic rings. The lowest BCUT2D eigenvalue weighted by atomic mass is 9.88. The number of nitrogens with zero attached hydrogens (tertiary/aromatic N) is 3. The summed E-state index contributed by atoms with van der Waals surface area (Å²) < 4.78 is 15.2. The molecule has 2 aromatic carbocycles. The van der Waals surface area contributed by atoms with Gasteiger partial charge in [0, 0.05) is 22.4 Å². The van der Waals surface area contributed by atoms with E-state index in [2.05, 4.69) is 32.2 Å². The van der Waals surface area contributed by atoms with Crippen LogP contribution in [0.5, 0.6) is 0 Å². The van der Waals surface area contributed by atoms with E-state index in [9.17, 15) is 14.0 Å². The summed E-state index contributed by atoms with van der Waals surface area (Å²) in [4.78, 5) is 29.7. The second-order valence-corrected chi connectivity index (χ2v) is 12.7. The van der Waals surface area contributed by atoms with E-state index in [4.69, 9.17) is 5.10 Å². The molecule has 0 unspecified atom stereocenters. The van der Waals surface area contributed by atoms with Crippen molar-refractivity contribution in [2.24, 2.45) is 0 Å². The van der Waals surface area contributed by atoms with Crippen LogP contribution in [-0.2, 0) is 21.5 Å². The summed E-state index contributed by atoms with van der Waals surface area (Å²) in [5.74, 6) is 0.101. The summed E-state index contributed by atoms with van der Waals surface area (Å²) in [7, 11) is 0. The average Bonchev–Trinajstić information content (AvgIpc) is 3.54. The van der Waals surface area contributed by atoms with Crippen LogP contribution in [0.2, 0.25) is 0 Å². The van der Waals surface area contributed by atoms with Crippen LogP contribution in [0, 0.1) is 12.7 Å². The van der Waals surface area contributed by atoms with Crippen molar-refractivity contribution in [1.82, 2.24) is 15.1 Å². The number of para-hydroxylation sites is 1. The molecule has 0 saturated heterocycles. The minimum atomic E-state index is -0.329. The zero-order chi connectivity index (χ0) is 27.7. The number of rotatable bonds is 6. The Morgan fingerprint density at radius 3 is 2.51 bits per heavy atom. The van der Waals surface area contributed by atoms with Crippen LogP contribution in [0.4, 0.5) is 10.2 Å². The smallest absolute Gasteiger partial charge is 0.240 e. The highest BCUT2D eigenvalue weighted by atomic mass is 32.2. The zero-order valence-corrected chi connectivity index (χ0v) is 24.0. The number of amides is 2. The van der Waals surface area contributed by atoms with Crippen molar-refractivity contribution in [2.45, 2.75) is 44.9 Å². The van der Waals surface area contributed by atoms with Gasteiger partial charge in [-0.3, -0.25) is 14.5 Å². The average molecular weight is 563 g/mol. The van der Waals surface area contributed by atoms with E-state index in [1.807, 2.05) is 47.3 Å². The van der Waals surface area contributed by atoms with Gasteiger partial charge in [-0.05, 0) is 47.7 Å². The standard InChI is InChI=1S/C30H31FN4O2S2/c1-19-8-5-6-9-22(19)35-29-26(28(33-35)30(2,3)4)27(23-10-7-15-38-23)39-18-25(37)34(29)17-24(36)32-16-20-11-13-21(31)14-12-20/h5-15,27H,16-18H2,1-4H3,(H,32,36)/t27-/m0/s1.